The summed E-state index contributed by atoms with van der Waals surface area (Å²) in [7, 11) is 0. The van der Waals surface area contributed by atoms with Crippen molar-refractivity contribution in [1.29, 1.82) is 0 Å². The number of aliphatic hydroxyl groups is 1. The smallest absolute Gasteiger partial charge is 0.159 e. The number of anilines is 1. The minimum atomic E-state index is 0.0521. The van der Waals surface area contributed by atoms with E-state index in [0.29, 0.717) is 18.2 Å². The molecule has 2 rings (SSSR count). The summed E-state index contributed by atoms with van der Waals surface area (Å²) in [4.78, 5) is 18.0. The van der Waals surface area contributed by atoms with E-state index in [0.717, 1.165) is 18.7 Å². The molecule has 0 spiro atoms. The topological polar surface area (TPSA) is 53.4 Å². The highest BCUT2D eigenvalue weighted by molar-refractivity contribution is 5.94. The molecule has 0 atom stereocenters. The van der Waals surface area contributed by atoms with Crippen molar-refractivity contribution in [1.82, 2.24) is 4.98 Å². The molecule has 1 heterocycles. The third kappa shape index (κ3) is 3.53. The Labute approximate surface area is 114 Å². The molecule has 1 aliphatic rings. The average molecular weight is 262 g/mol. The van der Waals surface area contributed by atoms with Crippen molar-refractivity contribution >= 4 is 11.6 Å². The van der Waals surface area contributed by atoms with E-state index >= 15 is 0 Å². The van der Waals surface area contributed by atoms with Crippen LogP contribution >= 0.6 is 0 Å². The van der Waals surface area contributed by atoms with Gasteiger partial charge in [0.15, 0.2) is 5.78 Å². The van der Waals surface area contributed by atoms with E-state index < -0.39 is 0 Å². The number of hydrogen-bond donors (Lipinski definition) is 1. The quantitative estimate of drug-likeness (QED) is 0.828. The summed E-state index contributed by atoms with van der Waals surface area (Å²) in [6.45, 7) is 2.26. The maximum atomic E-state index is 11.5. The minimum Gasteiger partial charge on any atom is -0.395 e. The third-order valence-corrected chi connectivity index (χ3v) is 3.80. The van der Waals surface area contributed by atoms with Gasteiger partial charge in [0.05, 0.1) is 6.61 Å². The minimum absolute atomic E-state index is 0.0521. The second-order valence-electron chi connectivity index (χ2n) is 5.17. The number of hydrogen-bond acceptors (Lipinski definition) is 4. The number of nitrogens with zero attached hydrogens (tertiary/aromatic N) is 2. The molecule has 0 radical (unpaired) electrons. The van der Waals surface area contributed by atoms with Crippen LogP contribution in [-0.2, 0) is 0 Å². The van der Waals surface area contributed by atoms with Crippen molar-refractivity contribution in [2.75, 3.05) is 18.1 Å². The zero-order valence-electron chi connectivity index (χ0n) is 11.5. The normalized spacial score (nSPS) is 16.3. The van der Waals surface area contributed by atoms with E-state index in [2.05, 4.69) is 9.88 Å². The lowest BCUT2D eigenvalue weighted by molar-refractivity contribution is 0.101. The van der Waals surface area contributed by atoms with Gasteiger partial charge in [0.1, 0.15) is 5.82 Å². The van der Waals surface area contributed by atoms with Gasteiger partial charge in [0, 0.05) is 24.3 Å². The summed E-state index contributed by atoms with van der Waals surface area (Å²) in [5, 5.41) is 9.27. The monoisotopic (exact) mass is 262 g/mol. The van der Waals surface area contributed by atoms with Crippen LogP contribution in [0.4, 0.5) is 5.82 Å². The lowest BCUT2D eigenvalue weighted by Gasteiger charge is -2.35. The van der Waals surface area contributed by atoms with E-state index in [9.17, 15) is 9.90 Å². The van der Waals surface area contributed by atoms with E-state index in [-0.39, 0.29) is 12.4 Å². The van der Waals surface area contributed by atoms with E-state index in [1.54, 1.807) is 19.2 Å². The zero-order chi connectivity index (χ0) is 13.7. The number of carbonyl (C=O) groups is 1. The molecule has 19 heavy (non-hydrogen) atoms. The Morgan fingerprint density at radius 3 is 2.79 bits per heavy atom. The summed E-state index contributed by atoms with van der Waals surface area (Å²) in [5.74, 6) is 0.866. The molecule has 0 unspecified atom stereocenters. The molecule has 4 nitrogen and oxygen atoms in total. The first-order valence-corrected chi connectivity index (χ1v) is 7.07. The molecule has 0 aliphatic heterocycles. The predicted molar refractivity (Wildman–Crippen MR) is 75.5 cm³/mol. The molecular formula is C15H22N2O2. The van der Waals surface area contributed by atoms with Crippen LogP contribution < -0.4 is 4.90 Å². The highest BCUT2D eigenvalue weighted by Crippen LogP contribution is 2.26. The number of Topliss-reactive ketones (excluding diaryl/α,β-unsaturated/α-hetero) is 1. The fourth-order valence-corrected chi connectivity index (χ4v) is 2.78. The van der Waals surface area contributed by atoms with Crippen molar-refractivity contribution in [3.8, 4) is 0 Å². The SMILES string of the molecule is CC(=O)c1ccnc(N(CCO)C2CCCCC2)c1. The van der Waals surface area contributed by atoms with Gasteiger partial charge < -0.3 is 10.0 Å². The standard InChI is InChI=1S/C15H22N2O2/c1-12(19)13-7-8-16-15(11-13)17(9-10-18)14-5-3-2-4-6-14/h7-8,11,14,18H,2-6,9-10H2,1H3. The Morgan fingerprint density at radius 2 is 2.16 bits per heavy atom. The van der Waals surface area contributed by atoms with Gasteiger partial charge in [0.2, 0.25) is 0 Å². The summed E-state index contributed by atoms with van der Waals surface area (Å²) in [5.41, 5.74) is 0.684. The number of aromatic nitrogens is 1. The van der Waals surface area contributed by atoms with Crippen molar-refractivity contribution in [3.05, 3.63) is 23.9 Å². The Bertz CT molecular complexity index is 428. The number of carbonyl (C=O) groups excluding carboxylic acids is 1. The van der Waals surface area contributed by atoms with Gasteiger partial charge in [-0.05, 0) is 31.9 Å². The molecule has 1 N–H and O–H groups in total. The first kappa shape index (κ1) is 14.0. The van der Waals surface area contributed by atoms with Crippen LogP contribution in [0.5, 0.6) is 0 Å². The van der Waals surface area contributed by atoms with E-state index in [1.165, 1.54) is 19.3 Å². The molecule has 0 saturated heterocycles. The number of ketones is 1. The van der Waals surface area contributed by atoms with Crippen LogP contribution in [-0.4, -0.2) is 35.1 Å². The van der Waals surface area contributed by atoms with Crippen LogP contribution in [0.2, 0.25) is 0 Å². The average Bonchev–Trinajstić information content (AvgIpc) is 2.46. The van der Waals surface area contributed by atoms with Gasteiger partial charge >= 0.3 is 0 Å². The third-order valence-electron chi connectivity index (χ3n) is 3.80. The first-order chi connectivity index (χ1) is 9.22. The molecule has 0 amide bonds. The lowest BCUT2D eigenvalue weighted by atomic mass is 9.94. The second-order valence-corrected chi connectivity index (χ2v) is 5.17. The Morgan fingerprint density at radius 1 is 1.42 bits per heavy atom. The van der Waals surface area contributed by atoms with Gasteiger partial charge in [-0.1, -0.05) is 19.3 Å². The molecule has 1 saturated carbocycles. The van der Waals surface area contributed by atoms with Crippen LogP contribution in [0.25, 0.3) is 0 Å². The molecule has 1 aromatic rings. The van der Waals surface area contributed by atoms with E-state index in [1.807, 2.05) is 6.07 Å². The highest BCUT2D eigenvalue weighted by Gasteiger charge is 2.22. The largest absolute Gasteiger partial charge is 0.395 e. The predicted octanol–water partition coefficient (Wildman–Crippen LogP) is 2.42. The Hall–Kier alpha value is -1.42. The van der Waals surface area contributed by atoms with Gasteiger partial charge in [-0.25, -0.2) is 4.98 Å². The maximum Gasteiger partial charge on any atom is 0.159 e. The molecule has 0 aromatic carbocycles. The number of pyridine rings is 1. The lowest BCUT2D eigenvalue weighted by Crippen LogP contribution is -2.39. The summed E-state index contributed by atoms with van der Waals surface area (Å²) >= 11 is 0. The fourth-order valence-electron chi connectivity index (χ4n) is 2.78. The zero-order valence-corrected chi connectivity index (χ0v) is 11.5. The molecular weight excluding hydrogens is 240 g/mol. The molecule has 1 aromatic heterocycles. The fraction of sp³-hybridized carbons (Fsp3) is 0.600. The van der Waals surface area contributed by atoms with Crippen LogP contribution in [0.1, 0.15) is 49.4 Å². The first-order valence-electron chi connectivity index (χ1n) is 7.07. The van der Waals surface area contributed by atoms with Crippen LogP contribution in [0.15, 0.2) is 18.3 Å². The summed E-state index contributed by atoms with van der Waals surface area (Å²) in [6.07, 6.45) is 7.74. The van der Waals surface area contributed by atoms with Crippen molar-refractivity contribution in [3.63, 3.8) is 0 Å². The molecule has 0 bridgehead atoms. The number of rotatable bonds is 5. The summed E-state index contributed by atoms with van der Waals surface area (Å²) < 4.78 is 0. The van der Waals surface area contributed by atoms with Gasteiger partial charge in [-0.3, -0.25) is 4.79 Å². The van der Waals surface area contributed by atoms with Gasteiger partial charge in [-0.15, -0.1) is 0 Å². The Balaban J connectivity index is 2.22. The molecule has 104 valence electrons. The van der Waals surface area contributed by atoms with Crippen molar-refractivity contribution < 1.29 is 9.90 Å². The summed E-state index contributed by atoms with van der Waals surface area (Å²) in [6, 6.07) is 4.02. The van der Waals surface area contributed by atoms with Gasteiger partial charge in [0.25, 0.3) is 0 Å². The van der Waals surface area contributed by atoms with Crippen molar-refractivity contribution in [2.24, 2.45) is 0 Å². The van der Waals surface area contributed by atoms with E-state index in [4.69, 9.17) is 0 Å². The van der Waals surface area contributed by atoms with Crippen LogP contribution in [0.3, 0.4) is 0 Å². The molecule has 1 aliphatic carbocycles. The maximum absolute atomic E-state index is 11.5. The van der Waals surface area contributed by atoms with Crippen LogP contribution in [0, 0.1) is 0 Å². The van der Waals surface area contributed by atoms with Crippen molar-refractivity contribution in [2.45, 2.75) is 45.1 Å². The number of aliphatic hydroxyl groups excluding tert-OH is 1. The molecule has 4 heteroatoms. The molecule has 1 fully saturated rings. The Kier molecular flexibility index (Phi) is 4.91. The highest BCUT2D eigenvalue weighted by atomic mass is 16.3. The second kappa shape index (κ2) is 6.66. The van der Waals surface area contributed by atoms with Gasteiger partial charge in [-0.2, -0.15) is 0 Å².